The summed E-state index contributed by atoms with van der Waals surface area (Å²) < 4.78 is 5.59. The number of hydrogen-bond acceptors (Lipinski definition) is 5. The van der Waals surface area contributed by atoms with E-state index in [9.17, 15) is 0 Å². The number of ether oxygens (including phenoxy) is 1. The molecule has 1 aromatic rings. The van der Waals surface area contributed by atoms with Gasteiger partial charge in [-0.15, -0.1) is 0 Å². The minimum absolute atomic E-state index is 0.259. The van der Waals surface area contributed by atoms with Gasteiger partial charge in [0.15, 0.2) is 0 Å². The Kier molecular flexibility index (Phi) is 4.77. The fourth-order valence-electron chi connectivity index (χ4n) is 2.34. The third-order valence-corrected chi connectivity index (χ3v) is 3.85. The van der Waals surface area contributed by atoms with E-state index in [1.54, 1.807) is 6.20 Å². The minimum Gasteiger partial charge on any atom is -0.476 e. The Balaban J connectivity index is 2.11. The van der Waals surface area contributed by atoms with Crippen molar-refractivity contribution >= 4 is 0 Å². The zero-order valence-electron chi connectivity index (χ0n) is 12.9. The average molecular weight is 288 g/mol. The Morgan fingerprint density at radius 2 is 2.14 bits per heavy atom. The molecule has 0 amide bonds. The maximum absolute atomic E-state index is 6.53. The molecule has 21 heavy (non-hydrogen) atoms. The van der Waals surface area contributed by atoms with Gasteiger partial charge in [-0.05, 0) is 38.2 Å². The maximum atomic E-state index is 6.53. The Labute approximate surface area is 126 Å². The molecule has 0 saturated carbocycles. The van der Waals surface area contributed by atoms with E-state index in [0.717, 1.165) is 17.7 Å². The molecule has 5 nitrogen and oxygen atoms in total. The second-order valence-electron chi connectivity index (χ2n) is 5.67. The number of allylic oxidation sites excluding steroid dienone is 2. The van der Waals surface area contributed by atoms with Crippen LogP contribution in [0.15, 0.2) is 42.1 Å². The molecule has 0 bridgehead atoms. The molecule has 2 rings (SSSR count). The second-order valence-corrected chi connectivity index (χ2v) is 5.67. The Morgan fingerprint density at radius 1 is 1.38 bits per heavy atom. The predicted molar refractivity (Wildman–Crippen MR) is 85.0 cm³/mol. The van der Waals surface area contributed by atoms with E-state index in [4.69, 9.17) is 16.2 Å². The monoisotopic (exact) mass is 288 g/mol. The SMILES string of the molecule is CC1=CC=CC(N)C1(N)c1ccc(OCCN(C)C)nc1. The van der Waals surface area contributed by atoms with Crippen LogP contribution in [0.4, 0.5) is 0 Å². The molecule has 0 aromatic carbocycles. The Morgan fingerprint density at radius 3 is 2.71 bits per heavy atom. The lowest BCUT2D eigenvalue weighted by Gasteiger charge is -2.37. The van der Waals surface area contributed by atoms with Crippen molar-refractivity contribution in [3.05, 3.63) is 47.7 Å². The van der Waals surface area contributed by atoms with Crippen LogP contribution in [-0.4, -0.2) is 43.2 Å². The topological polar surface area (TPSA) is 77.4 Å². The molecular weight excluding hydrogens is 264 g/mol. The number of aromatic nitrogens is 1. The molecule has 1 aliphatic carbocycles. The zero-order valence-corrected chi connectivity index (χ0v) is 12.9. The lowest BCUT2D eigenvalue weighted by atomic mass is 9.76. The van der Waals surface area contributed by atoms with Crippen molar-refractivity contribution in [2.75, 3.05) is 27.2 Å². The second kappa shape index (κ2) is 6.39. The first-order valence-electron chi connectivity index (χ1n) is 7.08. The van der Waals surface area contributed by atoms with Gasteiger partial charge in [0.05, 0.1) is 5.54 Å². The van der Waals surface area contributed by atoms with Crippen LogP contribution in [0, 0.1) is 0 Å². The van der Waals surface area contributed by atoms with Gasteiger partial charge in [-0.3, -0.25) is 0 Å². The summed E-state index contributed by atoms with van der Waals surface area (Å²) in [5.41, 5.74) is 13.9. The van der Waals surface area contributed by atoms with Crippen molar-refractivity contribution in [1.29, 1.82) is 0 Å². The smallest absolute Gasteiger partial charge is 0.213 e. The van der Waals surface area contributed by atoms with Gasteiger partial charge in [0.1, 0.15) is 6.61 Å². The lowest BCUT2D eigenvalue weighted by Crippen LogP contribution is -2.53. The quantitative estimate of drug-likeness (QED) is 0.846. The normalized spacial score (nSPS) is 25.0. The average Bonchev–Trinajstić information content (AvgIpc) is 2.45. The van der Waals surface area contributed by atoms with Crippen molar-refractivity contribution in [2.24, 2.45) is 11.5 Å². The Bertz CT molecular complexity index is 536. The van der Waals surface area contributed by atoms with Crippen LogP contribution in [0.5, 0.6) is 5.88 Å². The van der Waals surface area contributed by atoms with Gasteiger partial charge < -0.3 is 21.1 Å². The van der Waals surface area contributed by atoms with E-state index >= 15 is 0 Å². The van der Waals surface area contributed by atoms with Gasteiger partial charge in [-0.25, -0.2) is 4.98 Å². The highest BCUT2D eigenvalue weighted by molar-refractivity contribution is 5.42. The van der Waals surface area contributed by atoms with Crippen LogP contribution in [0.2, 0.25) is 0 Å². The summed E-state index contributed by atoms with van der Waals surface area (Å²) in [5.74, 6) is 0.603. The summed E-state index contributed by atoms with van der Waals surface area (Å²) >= 11 is 0. The molecule has 1 heterocycles. The summed E-state index contributed by atoms with van der Waals surface area (Å²) in [6.07, 6.45) is 7.60. The third-order valence-electron chi connectivity index (χ3n) is 3.85. The Hall–Kier alpha value is -1.69. The van der Waals surface area contributed by atoms with Crippen LogP contribution in [0.1, 0.15) is 12.5 Å². The molecular formula is C16H24N4O. The molecule has 2 atom stereocenters. The standard InChI is InChI=1S/C16H24N4O/c1-12-5-4-6-14(17)16(12,18)13-7-8-15(19-11-13)21-10-9-20(2)3/h4-8,11,14H,9-10,17-18H2,1-3H3. The molecule has 1 aliphatic rings. The van der Waals surface area contributed by atoms with Gasteiger partial charge in [-0.1, -0.05) is 18.2 Å². The minimum atomic E-state index is -0.704. The molecule has 1 aromatic heterocycles. The fraction of sp³-hybridized carbons (Fsp3) is 0.438. The van der Waals surface area contributed by atoms with E-state index in [1.165, 1.54) is 0 Å². The number of nitrogens with two attached hydrogens (primary N) is 2. The summed E-state index contributed by atoms with van der Waals surface area (Å²) in [6, 6.07) is 3.52. The van der Waals surface area contributed by atoms with E-state index in [0.29, 0.717) is 12.5 Å². The lowest BCUT2D eigenvalue weighted by molar-refractivity contribution is 0.253. The molecule has 0 aliphatic heterocycles. The zero-order chi connectivity index (χ0) is 15.5. The van der Waals surface area contributed by atoms with Crippen molar-refractivity contribution in [3.63, 3.8) is 0 Å². The first kappa shape index (κ1) is 15.7. The predicted octanol–water partition coefficient (Wildman–Crippen LogP) is 1.02. The molecule has 2 unspecified atom stereocenters. The largest absolute Gasteiger partial charge is 0.476 e. The van der Waals surface area contributed by atoms with Crippen LogP contribution in [0.3, 0.4) is 0 Å². The summed E-state index contributed by atoms with van der Waals surface area (Å²) in [5, 5.41) is 0. The van der Waals surface area contributed by atoms with Crippen molar-refractivity contribution < 1.29 is 4.74 Å². The molecule has 0 radical (unpaired) electrons. The van der Waals surface area contributed by atoms with Gasteiger partial charge in [0.25, 0.3) is 0 Å². The first-order valence-corrected chi connectivity index (χ1v) is 7.08. The molecule has 114 valence electrons. The highest BCUT2D eigenvalue weighted by Gasteiger charge is 2.36. The van der Waals surface area contributed by atoms with Gasteiger partial charge in [0, 0.05) is 24.8 Å². The molecule has 0 saturated heterocycles. The van der Waals surface area contributed by atoms with E-state index in [-0.39, 0.29) is 6.04 Å². The van der Waals surface area contributed by atoms with Crippen molar-refractivity contribution in [1.82, 2.24) is 9.88 Å². The van der Waals surface area contributed by atoms with Crippen LogP contribution in [0.25, 0.3) is 0 Å². The van der Waals surface area contributed by atoms with Crippen LogP contribution >= 0.6 is 0 Å². The molecule has 0 spiro atoms. The number of rotatable bonds is 5. The molecule has 5 heteroatoms. The number of hydrogen-bond donors (Lipinski definition) is 2. The molecule has 0 fully saturated rings. The van der Waals surface area contributed by atoms with E-state index < -0.39 is 5.54 Å². The highest BCUT2D eigenvalue weighted by atomic mass is 16.5. The number of nitrogens with zero attached hydrogens (tertiary/aromatic N) is 2. The van der Waals surface area contributed by atoms with E-state index in [1.807, 2.05) is 51.4 Å². The number of pyridine rings is 1. The van der Waals surface area contributed by atoms with Gasteiger partial charge >= 0.3 is 0 Å². The molecule has 4 N–H and O–H groups in total. The summed E-state index contributed by atoms with van der Waals surface area (Å²) in [7, 11) is 4.01. The highest BCUT2D eigenvalue weighted by Crippen LogP contribution is 2.32. The summed E-state index contributed by atoms with van der Waals surface area (Å²) in [4.78, 5) is 6.40. The number of likely N-dealkylation sites (N-methyl/N-ethyl adjacent to an activating group) is 1. The third kappa shape index (κ3) is 3.32. The van der Waals surface area contributed by atoms with Gasteiger partial charge in [-0.2, -0.15) is 0 Å². The van der Waals surface area contributed by atoms with Crippen molar-refractivity contribution in [2.45, 2.75) is 18.5 Å². The maximum Gasteiger partial charge on any atom is 0.213 e. The van der Waals surface area contributed by atoms with Gasteiger partial charge in [0.2, 0.25) is 5.88 Å². The fourth-order valence-corrected chi connectivity index (χ4v) is 2.34. The van der Waals surface area contributed by atoms with Crippen LogP contribution in [-0.2, 0) is 5.54 Å². The van der Waals surface area contributed by atoms with Crippen LogP contribution < -0.4 is 16.2 Å². The van der Waals surface area contributed by atoms with E-state index in [2.05, 4.69) is 9.88 Å². The summed E-state index contributed by atoms with van der Waals surface area (Å²) in [6.45, 7) is 3.45. The first-order chi connectivity index (χ1) is 9.94. The van der Waals surface area contributed by atoms with Crippen molar-refractivity contribution in [3.8, 4) is 5.88 Å².